The van der Waals surface area contributed by atoms with Gasteiger partial charge in [0.2, 0.25) is 0 Å². The monoisotopic (exact) mass is 212 g/mol. The van der Waals surface area contributed by atoms with Gasteiger partial charge < -0.3 is 4.74 Å². The molecule has 2 atom stereocenters. The summed E-state index contributed by atoms with van der Waals surface area (Å²) in [6.07, 6.45) is 0.570. The van der Waals surface area contributed by atoms with Crippen molar-refractivity contribution in [3.8, 4) is 0 Å². The first-order valence-electron chi connectivity index (χ1n) is 2.52. The van der Waals surface area contributed by atoms with Gasteiger partial charge in [0.25, 0.3) is 0 Å². The highest BCUT2D eigenvalue weighted by molar-refractivity contribution is 14.1. The van der Waals surface area contributed by atoms with Crippen molar-refractivity contribution in [1.29, 1.82) is 0 Å². The molecule has 1 aliphatic heterocycles. The van der Waals surface area contributed by atoms with Crippen molar-refractivity contribution in [2.24, 2.45) is 5.92 Å². The molecule has 1 saturated heterocycles. The molecule has 0 bridgehead atoms. The normalized spacial score (nSPS) is 40.3. The Morgan fingerprint density at radius 3 is 2.57 bits per heavy atom. The largest absolute Gasteiger partial charge is 0.377 e. The molecule has 42 valence electrons. The zero-order valence-corrected chi connectivity index (χ0v) is 6.51. The summed E-state index contributed by atoms with van der Waals surface area (Å²) in [5, 5.41) is 0. The van der Waals surface area contributed by atoms with Crippen molar-refractivity contribution in [3.05, 3.63) is 0 Å². The van der Waals surface area contributed by atoms with E-state index in [0.717, 1.165) is 17.0 Å². The summed E-state index contributed by atoms with van der Waals surface area (Å²) in [5.74, 6) is 0.817. The summed E-state index contributed by atoms with van der Waals surface area (Å²) in [6.45, 7) is 3.21. The van der Waals surface area contributed by atoms with Crippen LogP contribution in [0.25, 0.3) is 0 Å². The summed E-state index contributed by atoms with van der Waals surface area (Å²) in [4.78, 5) is 0. The van der Waals surface area contributed by atoms with E-state index >= 15 is 0 Å². The summed E-state index contributed by atoms with van der Waals surface area (Å²) in [7, 11) is 0. The van der Waals surface area contributed by atoms with E-state index in [-0.39, 0.29) is 0 Å². The van der Waals surface area contributed by atoms with E-state index in [1.807, 2.05) is 0 Å². The minimum absolute atomic E-state index is 0.570. The van der Waals surface area contributed by atoms with Crippen LogP contribution < -0.4 is 0 Å². The topological polar surface area (TPSA) is 9.23 Å². The Morgan fingerprint density at radius 1 is 1.86 bits per heavy atom. The second-order valence-corrected chi connectivity index (χ2v) is 2.88. The standard InChI is InChI=1S/C5H9IO/c1-4-3-7-5(4)2-6/h4-5H,2-3H2,1H3/t4-,5-/m1/s1. The third-order valence-electron chi connectivity index (χ3n) is 1.36. The van der Waals surface area contributed by atoms with Gasteiger partial charge in [-0.2, -0.15) is 0 Å². The predicted octanol–water partition coefficient (Wildman–Crippen LogP) is 1.46. The minimum atomic E-state index is 0.570. The summed E-state index contributed by atoms with van der Waals surface area (Å²) < 4.78 is 6.34. The maximum atomic E-state index is 5.18. The fourth-order valence-electron chi connectivity index (χ4n) is 0.621. The molecule has 0 aliphatic carbocycles. The van der Waals surface area contributed by atoms with Crippen LogP contribution in [0.5, 0.6) is 0 Å². The molecule has 0 aromatic carbocycles. The highest BCUT2D eigenvalue weighted by atomic mass is 127. The average Bonchev–Trinajstić information content (AvgIpc) is 1.65. The van der Waals surface area contributed by atoms with Crippen LogP contribution in [0, 0.1) is 5.92 Å². The van der Waals surface area contributed by atoms with Crippen molar-refractivity contribution >= 4 is 22.6 Å². The zero-order chi connectivity index (χ0) is 5.28. The Bertz CT molecular complexity index is 63.1. The third-order valence-corrected chi connectivity index (χ3v) is 2.23. The first-order chi connectivity index (χ1) is 3.34. The number of hydrogen-bond donors (Lipinski definition) is 0. The van der Waals surface area contributed by atoms with Gasteiger partial charge in [-0.25, -0.2) is 0 Å². The molecule has 0 N–H and O–H groups in total. The Kier molecular flexibility index (Phi) is 1.92. The molecule has 1 nitrogen and oxygen atoms in total. The summed E-state index contributed by atoms with van der Waals surface area (Å²) >= 11 is 2.35. The van der Waals surface area contributed by atoms with Crippen molar-refractivity contribution < 1.29 is 4.74 Å². The molecule has 1 aliphatic rings. The quantitative estimate of drug-likeness (QED) is 0.472. The Labute approximate surface area is 57.6 Å². The minimum Gasteiger partial charge on any atom is -0.377 e. The van der Waals surface area contributed by atoms with Crippen molar-refractivity contribution in [3.63, 3.8) is 0 Å². The molecule has 0 spiro atoms. The van der Waals surface area contributed by atoms with Crippen molar-refractivity contribution in [2.45, 2.75) is 13.0 Å². The van der Waals surface area contributed by atoms with E-state index in [2.05, 4.69) is 29.5 Å². The molecular formula is C5H9IO. The molecule has 2 heteroatoms. The van der Waals surface area contributed by atoms with Crippen LogP contribution in [0.15, 0.2) is 0 Å². The van der Waals surface area contributed by atoms with E-state index in [9.17, 15) is 0 Å². The molecule has 1 fully saturated rings. The van der Waals surface area contributed by atoms with Gasteiger partial charge >= 0.3 is 0 Å². The van der Waals surface area contributed by atoms with Gasteiger partial charge in [-0.05, 0) is 0 Å². The van der Waals surface area contributed by atoms with Gasteiger partial charge in [0.1, 0.15) is 0 Å². The Hall–Kier alpha value is 0.690. The van der Waals surface area contributed by atoms with E-state index < -0.39 is 0 Å². The van der Waals surface area contributed by atoms with Crippen LogP contribution >= 0.6 is 22.6 Å². The van der Waals surface area contributed by atoms with Gasteiger partial charge in [-0.3, -0.25) is 0 Å². The average molecular weight is 212 g/mol. The molecule has 0 aromatic rings. The first kappa shape index (κ1) is 5.82. The van der Waals surface area contributed by atoms with Crippen LogP contribution in [0.1, 0.15) is 6.92 Å². The van der Waals surface area contributed by atoms with Crippen LogP contribution in [0.4, 0.5) is 0 Å². The van der Waals surface area contributed by atoms with Crippen LogP contribution in [0.2, 0.25) is 0 Å². The van der Waals surface area contributed by atoms with Gasteiger partial charge in [-0.1, -0.05) is 29.5 Å². The van der Waals surface area contributed by atoms with E-state index in [1.165, 1.54) is 0 Å². The lowest BCUT2D eigenvalue weighted by Crippen LogP contribution is -2.38. The zero-order valence-electron chi connectivity index (χ0n) is 4.36. The molecule has 0 radical (unpaired) electrons. The van der Waals surface area contributed by atoms with Gasteiger partial charge in [0.15, 0.2) is 0 Å². The van der Waals surface area contributed by atoms with Gasteiger partial charge in [0, 0.05) is 10.3 Å². The number of halogens is 1. The Balaban J connectivity index is 2.16. The van der Waals surface area contributed by atoms with E-state index in [4.69, 9.17) is 4.74 Å². The maximum Gasteiger partial charge on any atom is 0.0712 e. The van der Waals surface area contributed by atoms with Crippen LogP contribution in [-0.2, 0) is 4.74 Å². The van der Waals surface area contributed by atoms with E-state index in [1.54, 1.807) is 0 Å². The lowest BCUT2D eigenvalue weighted by atomic mass is 10.0. The highest BCUT2D eigenvalue weighted by Gasteiger charge is 2.25. The van der Waals surface area contributed by atoms with Crippen LogP contribution in [-0.4, -0.2) is 17.1 Å². The van der Waals surface area contributed by atoms with Crippen molar-refractivity contribution in [1.82, 2.24) is 0 Å². The molecule has 0 unspecified atom stereocenters. The highest BCUT2D eigenvalue weighted by Crippen LogP contribution is 2.20. The molecule has 1 rings (SSSR count). The number of alkyl halides is 1. The second-order valence-electron chi connectivity index (χ2n) is 2.00. The predicted molar refractivity (Wildman–Crippen MR) is 37.8 cm³/mol. The molecule has 0 amide bonds. The number of ether oxygens (including phenoxy) is 1. The molecular weight excluding hydrogens is 203 g/mol. The lowest BCUT2D eigenvalue weighted by molar-refractivity contribution is -0.0890. The van der Waals surface area contributed by atoms with Crippen molar-refractivity contribution in [2.75, 3.05) is 11.0 Å². The number of rotatable bonds is 1. The molecule has 1 heterocycles. The van der Waals surface area contributed by atoms with Gasteiger partial charge in [0.05, 0.1) is 12.7 Å². The Morgan fingerprint density at radius 2 is 2.57 bits per heavy atom. The van der Waals surface area contributed by atoms with Crippen LogP contribution in [0.3, 0.4) is 0 Å². The summed E-state index contributed by atoms with van der Waals surface area (Å²) in [5.41, 5.74) is 0. The lowest BCUT2D eigenvalue weighted by Gasteiger charge is -2.32. The number of hydrogen-bond acceptors (Lipinski definition) is 1. The SMILES string of the molecule is C[C@@H]1CO[C@@H]1CI. The third kappa shape index (κ3) is 1.08. The fraction of sp³-hybridized carbons (Fsp3) is 1.00. The molecule has 0 saturated carbocycles. The fourth-order valence-corrected chi connectivity index (χ4v) is 1.74. The smallest absolute Gasteiger partial charge is 0.0712 e. The first-order valence-corrected chi connectivity index (χ1v) is 4.04. The summed E-state index contributed by atoms with van der Waals surface area (Å²) in [6, 6.07) is 0. The van der Waals surface area contributed by atoms with Gasteiger partial charge in [-0.15, -0.1) is 0 Å². The second kappa shape index (κ2) is 2.31. The maximum absolute atomic E-state index is 5.18. The molecule has 0 aromatic heterocycles. The molecule has 7 heavy (non-hydrogen) atoms. The van der Waals surface area contributed by atoms with E-state index in [0.29, 0.717) is 6.10 Å².